The molecular formula is C14H21N3O4. The van der Waals surface area contributed by atoms with Gasteiger partial charge in [0.2, 0.25) is 0 Å². The molecule has 116 valence electrons. The lowest BCUT2D eigenvalue weighted by molar-refractivity contribution is -0.385. The highest BCUT2D eigenvalue weighted by Crippen LogP contribution is 2.22. The predicted molar refractivity (Wildman–Crippen MR) is 80.7 cm³/mol. The fourth-order valence-electron chi connectivity index (χ4n) is 1.75. The van der Waals surface area contributed by atoms with Crippen LogP contribution in [0.1, 0.15) is 31.1 Å². The third kappa shape index (κ3) is 5.39. The minimum Gasteiger partial charge on any atom is -0.385 e. The molecule has 0 unspecified atom stereocenters. The fraction of sp³-hybridized carbons (Fsp3) is 0.500. The molecule has 0 aromatic heterocycles. The lowest BCUT2D eigenvalue weighted by Gasteiger charge is -2.10. The van der Waals surface area contributed by atoms with Crippen molar-refractivity contribution < 1.29 is 14.5 Å². The topological polar surface area (TPSA) is 93.5 Å². The van der Waals surface area contributed by atoms with Gasteiger partial charge in [-0.3, -0.25) is 14.9 Å². The lowest BCUT2D eigenvalue weighted by Crippen LogP contribution is -2.28. The number of nitro benzene ring substituents is 1. The molecule has 0 fully saturated rings. The molecule has 0 atom stereocenters. The first-order valence-corrected chi connectivity index (χ1v) is 6.87. The second-order valence-corrected chi connectivity index (χ2v) is 4.69. The van der Waals surface area contributed by atoms with Gasteiger partial charge in [-0.25, -0.2) is 0 Å². The van der Waals surface area contributed by atoms with E-state index in [1.54, 1.807) is 6.07 Å². The van der Waals surface area contributed by atoms with E-state index >= 15 is 0 Å². The van der Waals surface area contributed by atoms with E-state index in [0.29, 0.717) is 25.4 Å². The Kier molecular flexibility index (Phi) is 6.61. The summed E-state index contributed by atoms with van der Waals surface area (Å²) in [6, 6.07) is 4.40. The van der Waals surface area contributed by atoms with Gasteiger partial charge in [0, 0.05) is 24.8 Å². The standard InChI is InChI=1S/C14H21N3O4/c1-4-15-11-5-6-13(17(19)20)12(9-11)14(18)16-7-8-21-10(2)3/h5-6,9-10,15H,4,7-8H2,1-3H3,(H,16,18). The minimum absolute atomic E-state index is 0.0444. The summed E-state index contributed by atoms with van der Waals surface area (Å²) in [6.07, 6.45) is 0.0771. The van der Waals surface area contributed by atoms with Crippen LogP contribution in [0.15, 0.2) is 18.2 Å². The van der Waals surface area contributed by atoms with E-state index in [-0.39, 0.29) is 17.4 Å². The Balaban J connectivity index is 2.79. The number of rotatable bonds is 8. The smallest absolute Gasteiger partial charge is 0.282 e. The van der Waals surface area contributed by atoms with Crippen LogP contribution in [0.2, 0.25) is 0 Å². The first-order chi connectivity index (χ1) is 9.95. The Bertz CT molecular complexity index is 503. The van der Waals surface area contributed by atoms with Gasteiger partial charge >= 0.3 is 0 Å². The number of nitro groups is 1. The van der Waals surface area contributed by atoms with Crippen LogP contribution in [0, 0.1) is 10.1 Å². The van der Waals surface area contributed by atoms with E-state index in [2.05, 4.69) is 10.6 Å². The summed E-state index contributed by atoms with van der Waals surface area (Å²) in [5.41, 5.74) is 0.508. The van der Waals surface area contributed by atoms with Crippen molar-refractivity contribution in [2.24, 2.45) is 0 Å². The first-order valence-electron chi connectivity index (χ1n) is 6.87. The molecule has 0 saturated heterocycles. The van der Waals surface area contributed by atoms with Gasteiger partial charge in [-0.2, -0.15) is 0 Å². The summed E-state index contributed by atoms with van der Waals surface area (Å²) in [7, 11) is 0. The summed E-state index contributed by atoms with van der Waals surface area (Å²) in [5, 5.41) is 16.6. The van der Waals surface area contributed by atoms with Crippen LogP contribution < -0.4 is 10.6 Å². The molecule has 0 saturated carbocycles. The number of amides is 1. The predicted octanol–water partition coefficient (Wildman–Crippen LogP) is 2.18. The maximum absolute atomic E-state index is 12.1. The molecule has 7 heteroatoms. The van der Waals surface area contributed by atoms with Crippen LogP contribution in [0.4, 0.5) is 11.4 Å². The van der Waals surface area contributed by atoms with Gasteiger partial charge in [-0.05, 0) is 32.9 Å². The van der Waals surface area contributed by atoms with E-state index in [4.69, 9.17) is 4.74 Å². The highest BCUT2D eigenvalue weighted by Gasteiger charge is 2.20. The van der Waals surface area contributed by atoms with Crippen molar-refractivity contribution in [1.29, 1.82) is 0 Å². The summed E-state index contributed by atoms with van der Waals surface area (Å²) in [6.45, 7) is 7.04. The van der Waals surface area contributed by atoms with Crippen molar-refractivity contribution in [3.05, 3.63) is 33.9 Å². The third-order valence-electron chi connectivity index (χ3n) is 2.66. The van der Waals surface area contributed by atoms with E-state index in [1.165, 1.54) is 12.1 Å². The van der Waals surface area contributed by atoms with Crippen molar-refractivity contribution in [1.82, 2.24) is 5.32 Å². The molecule has 21 heavy (non-hydrogen) atoms. The van der Waals surface area contributed by atoms with Crippen LogP contribution >= 0.6 is 0 Å². The molecule has 1 aromatic rings. The summed E-state index contributed by atoms with van der Waals surface area (Å²) in [5.74, 6) is -0.478. The van der Waals surface area contributed by atoms with Crippen molar-refractivity contribution in [2.45, 2.75) is 26.9 Å². The Morgan fingerprint density at radius 2 is 2.14 bits per heavy atom. The lowest BCUT2D eigenvalue weighted by atomic mass is 10.1. The van der Waals surface area contributed by atoms with Gasteiger partial charge in [0.25, 0.3) is 11.6 Å². The summed E-state index contributed by atoms with van der Waals surface area (Å²) < 4.78 is 5.31. The van der Waals surface area contributed by atoms with E-state index in [0.717, 1.165) is 0 Å². The van der Waals surface area contributed by atoms with Gasteiger partial charge in [-0.1, -0.05) is 0 Å². The second-order valence-electron chi connectivity index (χ2n) is 4.69. The molecule has 1 aromatic carbocycles. The normalized spacial score (nSPS) is 10.5. The zero-order valence-electron chi connectivity index (χ0n) is 12.5. The quantitative estimate of drug-likeness (QED) is 0.435. The minimum atomic E-state index is -0.560. The number of nitrogens with zero attached hydrogens (tertiary/aromatic N) is 1. The summed E-state index contributed by atoms with van der Waals surface area (Å²) >= 11 is 0. The number of ether oxygens (including phenoxy) is 1. The molecule has 2 N–H and O–H groups in total. The number of anilines is 1. The van der Waals surface area contributed by atoms with Crippen molar-refractivity contribution in [3.63, 3.8) is 0 Å². The van der Waals surface area contributed by atoms with Crippen molar-refractivity contribution >= 4 is 17.3 Å². The van der Waals surface area contributed by atoms with Gasteiger partial charge in [0.15, 0.2) is 0 Å². The van der Waals surface area contributed by atoms with Crippen LogP contribution in [0.25, 0.3) is 0 Å². The van der Waals surface area contributed by atoms with Crippen molar-refractivity contribution in [2.75, 3.05) is 25.0 Å². The van der Waals surface area contributed by atoms with Crippen molar-refractivity contribution in [3.8, 4) is 0 Å². The van der Waals surface area contributed by atoms with Crippen LogP contribution in [0.3, 0.4) is 0 Å². The molecule has 0 aliphatic heterocycles. The molecule has 0 heterocycles. The highest BCUT2D eigenvalue weighted by atomic mass is 16.6. The number of carbonyl (C=O) groups excluding carboxylic acids is 1. The molecule has 0 radical (unpaired) electrons. The summed E-state index contributed by atoms with van der Waals surface area (Å²) in [4.78, 5) is 22.5. The second kappa shape index (κ2) is 8.21. The Morgan fingerprint density at radius 3 is 2.71 bits per heavy atom. The zero-order chi connectivity index (χ0) is 15.8. The third-order valence-corrected chi connectivity index (χ3v) is 2.66. The zero-order valence-corrected chi connectivity index (χ0v) is 12.5. The maximum Gasteiger partial charge on any atom is 0.282 e. The molecule has 0 aliphatic carbocycles. The number of hydrogen-bond acceptors (Lipinski definition) is 5. The monoisotopic (exact) mass is 295 g/mol. The van der Waals surface area contributed by atoms with E-state index in [1.807, 2.05) is 20.8 Å². The molecular weight excluding hydrogens is 274 g/mol. The van der Waals surface area contributed by atoms with Crippen LogP contribution in [-0.2, 0) is 4.74 Å². The Morgan fingerprint density at radius 1 is 1.43 bits per heavy atom. The molecule has 1 rings (SSSR count). The molecule has 7 nitrogen and oxygen atoms in total. The molecule has 0 bridgehead atoms. The van der Waals surface area contributed by atoms with E-state index in [9.17, 15) is 14.9 Å². The average Bonchev–Trinajstić information content (AvgIpc) is 2.43. The number of hydrogen-bond donors (Lipinski definition) is 2. The maximum atomic E-state index is 12.1. The largest absolute Gasteiger partial charge is 0.385 e. The fourth-order valence-corrected chi connectivity index (χ4v) is 1.75. The van der Waals surface area contributed by atoms with Crippen LogP contribution in [0.5, 0.6) is 0 Å². The molecule has 0 spiro atoms. The van der Waals surface area contributed by atoms with Gasteiger partial charge in [0.05, 0.1) is 17.6 Å². The first kappa shape index (κ1) is 16.9. The Labute approximate surface area is 123 Å². The number of nitrogens with one attached hydrogen (secondary N) is 2. The number of benzene rings is 1. The van der Waals surface area contributed by atoms with Gasteiger partial charge in [-0.15, -0.1) is 0 Å². The number of carbonyl (C=O) groups is 1. The average molecular weight is 295 g/mol. The SMILES string of the molecule is CCNc1ccc([N+](=O)[O-])c(C(=O)NCCOC(C)C)c1. The Hall–Kier alpha value is -2.15. The molecule has 0 aliphatic rings. The van der Waals surface area contributed by atoms with Gasteiger partial charge < -0.3 is 15.4 Å². The van der Waals surface area contributed by atoms with Gasteiger partial charge in [0.1, 0.15) is 5.56 Å². The van der Waals surface area contributed by atoms with Crippen LogP contribution in [-0.4, -0.2) is 36.6 Å². The highest BCUT2D eigenvalue weighted by molar-refractivity contribution is 5.99. The molecule has 1 amide bonds. The van der Waals surface area contributed by atoms with E-state index < -0.39 is 10.8 Å².